The molecule has 0 amide bonds. The van der Waals surface area contributed by atoms with Gasteiger partial charge in [0, 0.05) is 43.2 Å². The molecule has 12 heteroatoms. The molecule has 2 heterocycles. The van der Waals surface area contributed by atoms with Crippen LogP contribution in [0.2, 0.25) is 5.02 Å². The minimum absolute atomic E-state index is 0.0813. The number of esters is 1. The SMILES string of the molecule is CCOC(=O)c1c(C)oc(-c2ccc(Cl)cc2)c1S(=O)(=O)NCC1CCC(CNc2nc(N(C)C)c3ccccc3n2)CC1. The van der Waals surface area contributed by atoms with Crippen molar-refractivity contribution in [2.75, 3.05) is 44.0 Å². The molecule has 0 saturated heterocycles. The smallest absolute Gasteiger partial charge is 0.343 e. The summed E-state index contributed by atoms with van der Waals surface area (Å²) in [5.74, 6) is 1.57. The summed E-state index contributed by atoms with van der Waals surface area (Å²) in [5.41, 5.74) is 1.30. The van der Waals surface area contributed by atoms with Gasteiger partial charge in [-0.3, -0.25) is 0 Å². The van der Waals surface area contributed by atoms with Gasteiger partial charge in [-0.2, -0.15) is 4.98 Å². The highest BCUT2D eigenvalue weighted by Crippen LogP contribution is 2.37. The van der Waals surface area contributed by atoms with E-state index in [2.05, 4.69) is 10.0 Å². The summed E-state index contributed by atoms with van der Waals surface area (Å²) < 4.78 is 41.3. The highest BCUT2D eigenvalue weighted by molar-refractivity contribution is 7.89. The van der Waals surface area contributed by atoms with Gasteiger partial charge in [-0.15, -0.1) is 0 Å². The molecule has 0 atom stereocenters. The number of ether oxygens (including phenoxy) is 1. The Morgan fingerprint density at radius 2 is 1.68 bits per heavy atom. The molecule has 0 aliphatic heterocycles. The second kappa shape index (κ2) is 13.5. The van der Waals surface area contributed by atoms with E-state index in [0.717, 1.165) is 48.9 Å². The lowest BCUT2D eigenvalue weighted by Crippen LogP contribution is -2.33. The van der Waals surface area contributed by atoms with Crippen LogP contribution in [0.4, 0.5) is 11.8 Å². The van der Waals surface area contributed by atoms with Gasteiger partial charge in [0.1, 0.15) is 22.0 Å². The monoisotopic (exact) mass is 639 g/mol. The molecule has 234 valence electrons. The molecular formula is C32H38ClN5O5S. The molecule has 2 aromatic carbocycles. The van der Waals surface area contributed by atoms with Crippen molar-refractivity contribution in [2.24, 2.45) is 11.8 Å². The Morgan fingerprint density at radius 1 is 1.02 bits per heavy atom. The van der Waals surface area contributed by atoms with Crippen molar-refractivity contribution in [3.05, 3.63) is 64.9 Å². The van der Waals surface area contributed by atoms with E-state index in [0.29, 0.717) is 22.5 Å². The highest BCUT2D eigenvalue weighted by Gasteiger charge is 2.35. The number of benzene rings is 2. The average Bonchev–Trinajstić information content (AvgIpc) is 3.37. The fourth-order valence-corrected chi connectivity index (χ4v) is 7.29. The number of carbonyl (C=O) groups excluding carboxylic acids is 1. The normalized spacial score (nSPS) is 17.0. The van der Waals surface area contributed by atoms with Crippen LogP contribution in [0.3, 0.4) is 0 Å². The summed E-state index contributed by atoms with van der Waals surface area (Å²) in [7, 11) is -0.181. The third kappa shape index (κ3) is 7.00. The number of sulfonamides is 1. The van der Waals surface area contributed by atoms with Crippen molar-refractivity contribution in [1.29, 1.82) is 0 Å². The number of para-hydroxylation sites is 1. The number of aryl methyl sites for hydroxylation is 1. The quantitative estimate of drug-likeness (QED) is 0.182. The lowest BCUT2D eigenvalue weighted by atomic mass is 9.82. The third-order valence-electron chi connectivity index (χ3n) is 7.98. The van der Waals surface area contributed by atoms with E-state index in [4.69, 9.17) is 30.7 Å². The molecule has 0 radical (unpaired) electrons. The van der Waals surface area contributed by atoms with Gasteiger partial charge in [-0.25, -0.2) is 22.9 Å². The molecule has 1 fully saturated rings. The minimum Gasteiger partial charge on any atom is -0.462 e. The van der Waals surface area contributed by atoms with Crippen LogP contribution in [0.5, 0.6) is 0 Å². The molecule has 2 N–H and O–H groups in total. The first-order valence-corrected chi connectivity index (χ1v) is 16.7. The number of furan rings is 1. The van der Waals surface area contributed by atoms with Crippen LogP contribution in [0.15, 0.2) is 57.8 Å². The standard InChI is InChI=1S/C32H38ClN5O5S/c1-5-42-31(39)27-20(2)43-28(23-14-16-24(33)17-15-23)29(27)44(40,41)35-19-22-12-10-21(11-13-22)18-34-32-36-26-9-7-6-8-25(26)30(37-32)38(3)4/h6-9,14-17,21-22,35H,5,10-13,18-19H2,1-4H3,(H,34,36,37). The number of nitrogens with zero attached hydrogens (tertiary/aromatic N) is 3. The summed E-state index contributed by atoms with van der Waals surface area (Å²) in [6, 6.07) is 14.6. The van der Waals surface area contributed by atoms with Gasteiger partial charge in [-0.1, -0.05) is 23.7 Å². The number of fused-ring (bicyclic) bond motifs is 1. The second-order valence-corrected chi connectivity index (χ2v) is 13.5. The number of halogens is 1. The Kier molecular flexibility index (Phi) is 9.77. The average molecular weight is 640 g/mol. The van der Waals surface area contributed by atoms with Crippen LogP contribution < -0.4 is 14.9 Å². The maximum atomic E-state index is 13.7. The zero-order chi connectivity index (χ0) is 31.4. The van der Waals surface area contributed by atoms with Crippen molar-refractivity contribution < 1.29 is 22.4 Å². The summed E-state index contributed by atoms with van der Waals surface area (Å²) >= 11 is 6.05. The van der Waals surface area contributed by atoms with Gasteiger partial charge in [0.25, 0.3) is 0 Å². The molecule has 5 rings (SSSR count). The fraction of sp³-hybridized carbons (Fsp3) is 0.406. The first-order valence-electron chi connectivity index (χ1n) is 14.8. The van der Waals surface area contributed by atoms with E-state index in [-0.39, 0.29) is 41.0 Å². The summed E-state index contributed by atoms with van der Waals surface area (Å²) in [6.07, 6.45) is 3.63. The van der Waals surface area contributed by atoms with Crippen molar-refractivity contribution >= 4 is 50.3 Å². The molecule has 2 aromatic heterocycles. The number of rotatable bonds is 11. The fourth-order valence-electron chi connectivity index (χ4n) is 5.67. The van der Waals surface area contributed by atoms with Crippen LogP contribution in [0.25, 0.3) is 22.2 Å². The predicted molar refractivity (Wildman–Crippen MR) is 173 cm³/mol. The van der Waals surface area contributed by atoms with E-state index < -0.39 is 16.0 Å². The van der Waals surface area contributed by atoms with E-state index in [1.54, 1.807) is 38.1 Å². The summed E-state index contributed by atoms with van der Waals surface area (Å²) in [5, 5.41) is 4.93. The van der Waals surface area contributed by atoms with Crippen molar-refractivity contribution in [2.45, 2.75) is 44.4 Å². The Morgan fingerprint density at radius 3 is 2.34 bits per heavy atom. The van der Waals surface area contributed by atoms with Gasteiger partial charge >= 0.3 is 5.97 Å². The van der Waals surface area contributed by atoms with Crippen molar-refractivity contribution in [3.63, 3.8) is 0 Å². The Balaban J connectivity index is 1.23. The molecular weight excluding hydrogens is 602 g/mol. The number of carbonyl (C=O) groups is 1. The molecule has 1 aliphatic rings. The first-order chi connectivity index (χ1) is 21.1. The van der Waals surface area contributed by atoms with E-state index >= 15 is 0 Å². The maximum absolute atomic E-state index is 13.7. The van der Waals surface area contributed by atoms with Crippen molar-refractivity contribution in [1.82, 2.24) is 14.7 Å². The van der Waals surface area contributed by atoms with Gasteiger partial charge in [0.2, 0.25) is 16.0 Å². The Labute approximate surface area is 263 Å². The van der Waals surface area contributed by atoms with E-state index in [1.165, 1.54) is 0 Å². The largest absolute Gasteiger partial charge is 0.462 e. The van der Waals surface area contributed by atoms with E-state index in [1.807, 2.05) is 43.3 Å². The number of aromatic nitrogens is 2. The van der Waals surface area contributed by atoms with Gasteiger partial charge in [0.05, 0.1) is 12.1 Å². The Bertz CT molecular complexity index is 1730. The number of anilines is 2. The van der Waals surface area contributed by atoms with E-state index in [9.17, 15) is 13.2 Å². The molecule has 1 saturated carbocycles. The first kappa shape index (κ1) is 31.7. The predicted octanol–water partition coefficient (Wildman–Crippen LogP) is 6.29. The zero-order valence-electron chi connectivity index (χ0n) is 25.4. The molecule has 0 spiro atoms. The van der Waals surface area contributed by atoms with Gasteiger partial charge in [0.15, 0.2) is 5.76 Å². The Hall–Kier alpha value is -3.67. The molecule has 44 heavy (non-hydrogen) atoms. The lowest BCUT2D eigenvalue weighted by molar-refractivity contribution is 0.0520. The molecule has 1 aliphatic carbocycles. The summed E-state index contributed by atoms with van der Waals surface area (Å²) in [6.45, 7) is 4.33. The molecule has 0 unspecified atom stereocenters. The van der Waals surface area contributed by atoms with Crippen LogP contribution in [0, 0.1) is 18.8 Å². The van der Waals surface area contributed by atoms with Crippen LogP contribution in [-0.4, -0.2) is 58.1 Å². The van der Waals surface area contributed by atoms with Crippen LogP contribution in [0.1, 0.15) is 48.7 Å². The van der Waals surface area contributed by atoms with Gasteiger partial charge in [-0.05, 0) is 87.8 Å². The topological polar surface area (TPSA) is 127 Å². The zero-order valence-corrected chi connectivity index (χ0v) is 27.0. The number of hydrogen-bond acceptors (Lipinski definition) is 9. The van der Waals surface area contributed by atoms with Crippen molar-refractivity contribution in [3.8, 4) is 11.3 Å². The number of nitrogens with one attached hydrogen (secondary N) is 2. The second-order valence-electron chi connectivity index (χ2n) is 11.3. The maximum Gasteiger partial charge on any atom is 0.343 e. The molecule has 10 nitrogen and oxygen atoms in total. The minimum atomic E-state index is -4.12. The van der Waals surface area contributed by atoms with Gasteiger partial charge < -0.3 is 19.4 Å². The molecule has 4 aromatic rings. The summed E-state index contributed by atoms with van der Waals surface area (Å²) in [4.78, 5) is 24.0. The third-order valence-corrected chi connectivity index (χ3v) is 9.70. The number of hydrogen-bond donors (Lipinski definition) is 2. The van der Waals surface area contributed by atoms with Crippen LogP contribution in [-0.2, 0) is 14.8 Å². The molecule has 0 bridgehead atoms. The van der Waals surface area contributed by atoms with Crippen LogP contribution >= 0.6 is 11.6 Å². The lowest BCUT2D eigenvalue weighted by Gasteiger charge is -2.29. The highest BCUT2D eigenvalue weighted by atomic mass is 35.5.